The zero-order valence-electron chi connectivity index (χ0n) is 18.9. The molecule has 1 aliphatic heterocycles. The number of carbonyl (C=O) groups excluding carboxylic acids is 3. The van der Waals surface area contributed by atoms with Crippen LogP contribution in [0.3, 0.4) is 0 Å². The molecule has 1 rings (SSSR count). The number of aliphatic imine (C=N–C) groups is 3. The predicted molar refractivity (Wildman–Crippen MR) is 126 cm³/mol. The highest BCUT2D eigenvalue weighted by Gasteiger charge is 2.31. The molecule has 15 heteroatoms. The Bertz CT molecular complexity index is 759. The van der Waals surface area contributed by atoms with Crippen molar-refractivity contribution in [2.24, 2.45) is 43.6 Å². The van der Waals surface area contributed by atoms with Crippen molar-refractivity contribution in [2.45, 2.75) is 44.2 Å². The highest BCUT2D eigenvalue weighted by atomic mass is 16.2. The number of hydrogen-bond donors (Lipinski definition) is 8. The van der Waals surface area contributed by atoms with E-state index in [-0.39, 0.29) is 42.8 Å². The van der Waals surface area contributed by atoms with Crippen LogP contribution in [0.2, 0.25) is 0 Å². The number of likely N-dealkylation sites (N-methyl/N-ethyl adjacent to an activating group) is 1. The molecule has 0 saturated carbocycles. The fourth-order valence-corrected chi connectivity index (χ4v) is 3.09. The van der Waals surface area contributed by atoms with E-state index in [2.05, 4.69) is 30.9 Å². The van der Waals surface area contributed by atoms with Crippen LogP contribution >= 0.6 is 0 Å². The molecule has 0 aromatic rings. The van der Waals surface area contributed by atoms with Crippen LogP contribution in [0, 0.1) is 0 Å². The number of urea groups is 1. The first-order valence-electron chi connectivity index (χ1n) is 10.6. The quantitative estimate of drug-likeness (QED) is 0.0759. The molecule has 1 heterocycles. The van der Waals surface area contributed by atoms with Gasteiger partial charge < -0.3 is 38.9 Å². The van der Waals surface area contributed by atoms with E-state index in [9.17, 15) is 14.4 Å². The average molecular weight is 469 g/mol. The average Bonchev–Trinajstić information content (AvgIpc) is 2.72. The number of amides is 4. The molecule has 0 aliphatic carbocycles. The number of unbranched alkanes of at least 4 members (excludes halogenated alkanes) is 1. The fraction of sp³-hybridized carbons (Fsp3) is 0.667. The van der Waals surface area contributed by atoms with Crippen LogP contribution in [-0.2, 0) is 9.59 Å². The van der Waals surface area contributed by atoms with Gasteiger partial charge in [0, 0.05) is 32.6 Å². The minimum absolute atomic E-state index is 0.0110. The molecule has 186 valence electrons. The Balaban J connectivity index is 2.63. The van der Waals surface area contributed by atoms with Gasteiger partial charge in [-0.3, -0.25) is 30.2 Å². The number of nitrogens with zero attached hydrogens (tertiary/aromatic N) is 4. The summed E-state index contributed by atoms with van der Waals surface area (Å²) >= 11 is 0. The molecule has 1 aliphatic rings. The molecule has 33 heavy (non-hydrogen) atoms. The minimum Gasteiger partial charge on any atom is -0.370 e. The van der Waals surface area contributed by atoms with Gasteiger partial charge in [0.05, 0.1) is 6.54 Å². The van der Waals surface area contributed by atoms with Gasteiger partial charge in [-0.15, -0.1) is 0 Å². The minimum atomic E-state index is -0.843. The maximum absolute atomic E-state index is 12.9. The Kier molecular flexibility index (Phi) is 12.0. The van der Waals surface area contributed by atoms with E-state index in [1.54, 1.807) is 7.05 Å². The fourth-order valence-electron chi connectivity index (χ4n) is 3.09. The summed E-state index contributed by atoms with van der Waals surface area (Å²) in [6, 6.07) is -1.78. The Hall–Kier alpha value is -3.62. The summed E-state index contributed by atoms with van der Waals surface area (Å²) in [4.78, 5) is 49.4. The summed E-state index contributed by atoms with van der Waals surface area (Å²) in [6.45, 7) is 1.66. The first kappa shape index (κ1) is 27.4. The third-order valence-corrected chi connectivity index (χ3v) is 4.81. The maximum atomic E-state index is 12.9. The van der Waals surface area contributed by atoms with E-state index in [0.29, 0.717) is 32.5 Å². The molecule has 13 N–H and O–H groups in total. The summed E-state index contributed by atoms with van der Waals surface area (Å²) in [6.07, 6.45) is 3.12. The Morgan fingerprint density at radius 2 is 1.76 bits per heavy atom. The van der Waals surface area contributed by atoms with E-state index in [4.69, 9.17) is 28.7 Å². The lowest BCUT2D eigenvalue weighted by Crippen LogP contribution is -2.58. The van der Waals surface area contributed by atoms with Crippen molar-refractivity contribution in [1.82, 2.24) is 20.9 Å². The maximum Gasteiger partial charge on any atom is 0.318 e. The first-order chi connectivity index (χ1) is 15.6. The number of guanidine groups is 3. The summed E-state index contributed by atoms with van der Waals surface area (Å²) in [7, 11) is 1.54. The number of nitrogens with one attached hydrogen (secondary N) is 3. The second-order valence-electron chi connectivity index (χ2n) is 7.51. The normalized spacial score (nSPS) is 16.1. The van der Waals surface area contributed by atoms with Crippen molar-refractivity contribution in [3.05, 3.63) is 0 Å². The third-order valence-electron chi connectivity index (χ3n) is 4.81. The summed E-state index contributed by atoms with van der Waals surface area (Å²) in [5, 5.41) is 8.00. The van der Waals surface area contributed by atoms with E-state index in [1.807, 2.05) is 0 Å². The molecule has 15 nitrogen and oxygen atoms in total. The molecule has 0 radical (unpaired) electrons. The van der Waals surface area contributed by atoms with Gasteiger partial charge in [-0.1, -0.05) is 0 Å². The van der Waals surface area contributed by atoms with Crippen molar-refractivity contribution in [1.29, 1.82) is 0 Å². The smallest absolute Gasteiger partial charge is 0.318 e. The molecular weight excluding hydrogens is 432 g/mol. The molecule has 4 amide bonds. The summed E-state index contributed by atoms with van der Waals surface area (Å²) in [5.41, 5.74) is 26.3. The van der Waals surface area contributed by atoms with E-state index in [1.165, 1.54) is 4.90 Å². The van der Waals surface area contributed by atoms with Gasteiger partial charge in [0.15, 0.2) is 11.9 Å². The standard InChI is InChI=1S/C18H36N12O3/c1-30(12-10-27-18(28-14(12)32)29-17(23)33)13(31)9-11(5-4-8-26-16(21)22)24-6-2-3-7-25-15(19)20/h11-12,24H,2-10H2,1H3,(H4,19,20,25)(H4,21,22,26)(H4,23,27,28,29,32,33)/t11-,12?/m0/s1. The second kappa shape index (κ2) is 14.4. The van der Waals surface area contributed by atoms with Crippen LogP contribution in [0.25, 0.3) is 0 Å². The molecule has 0 saturated heterocycles. The van der Waals surface area contributed by atoms with Crippen LogP contribution in [0.4, 0.5) is 4.79 Å². The van der Waals surface area contributed by atoms with Gasteiger partial charge in [-0.25, -0.2) is 9.79 Å². The van der Waals surface area contributed by atoms with E-state index in [0.717, 1.165) is 12.8 Å². The molecule has 2 atom stereocenters. The topological polar surface area (TPSA) is 258 Å². The third kappa shape index (κ3) is 11.5. The van der Waals surface area contributed by atoms with E-state index < -0.39 is 18.0 Å². The van der Waals surface area contributed by atoms with Crippen LogP contribution < -0.4 is 44.6 Å². The van der Waals surface area contributed by atoms with Gasteiger partial charge in [0.2, 0.25) is 11.9 Å². The van der Waals surface area contributed by atoms with Crippen LogP contribution in [0.15, 0.2) is 15.0 Å². The van der Waals surface area contributed by atoms with Crippen LogP contribution in [0.1, 0.15) is 32.1 Å². The lowest BCUT2D eigenvalue weighted by atomic mass is 10.1. The summed E-state index contributed by atoms with van der Waals surface area (Å²) < 4.78 is 0. The van der Waals surface area contributed by atoms with Crippen LogP contribution in [-0.4, -0.2) is 85.9 Å². The SMILES string of the molecule is CN(C(=O)C[C@H](CCCN=C(N)N)NCCCCN=C(N)N)C1CN=C(NC(N)=O)NC1=O. The zero-order valence-corrected chi connectivity index (χ0v) is 18.9. The van der Waals surface area contributed by atoms with Crippen molar-refractivity contribution in [3.8, 4) is 0 Å². The van der Waals surface area contributed by atoms with Gasteiger partial charge in [-0.2, -0.15) is 0 Å². The zero-order chi connectivity index (χ0) is 24.8. The highest BCUT2D eigenvalue weighted by Crippen LogP contribution is 2.10. The number of carbonyl (C=O) groups is 3. The lowest BCUT2D eigenvalue weighted by molar-refractivity contribution is -0.138. The molecule has 0 spiro atoms. The second-order valence-corrected chi connectivity index (χ2v) is 7.51. The molecular formula is C18H36N12O3. The van der Waals surface area contributed by atoms with Gasteiger partial charge in [0.25, 0.3) is 5.91 Å². The first-order valence-corrected chi connectivity index (χ1v) is 10.6. The molecule has 0 aromatic carbocycles. The van der Waals surface area contributed by atoms with Crippen molar-refractivity contribution in [2.75, 3.05) is 33.2 Å². The highest BCUT2D eigenvalue weighted by molar-refractivity contribution is 6.07. The molecule has 1 unspecified atom stereocenters. The van der Waals surface area contributed by atoms with Crippen molar-refractivity contribution < 1.29 is 14.4 Å². The largest absolute Gasteiger partial charge is 0.370 e. The Morgan fingerprint density at radius 1 is 1.12 bits per heavy atom. The number of rotatable bonds is 13. The number of primary amides is 1. The van der Waals surface area contributed by atoms with Gasteiger partial charge >= 0.3 is 6.03 Å². The lowest BCUT2D eigenvalue weighted by Gasteiger charge is -2.30. The molecule has 0 fully saturated rings. The number of nitrogens with two attached hydrogens (primary N) is 5. The summed E-state index contributed by atoms with van der Waals surface area (Å²) in [5.74, 6) is -0.644. The van der Waals surface area contributed by atoms with Crippen molar-refractivity contribution in [3.63, 3.8) is 0 Å². The molecule has 0 aromatic heterocycles. The Labute approximate surface area is 192 Å². The van der Waals surface area contributed by atoms with Gasteiger partial charge in [0.1, 0.15) is 6.04 Å². The Morgan fingerprint density at radius 3 is 2.33 bits per heavy atom. The molecule has 0 bridgehead atoms. The predicted octanol–water partition coefficient (Wildman–Crippen LogP) is -3.58. The van der Waals surface area contributed by atoms with Gasteiger partial charge in [-0.05, 0) is 32.2 Å². The monoisotopic (exact) mass is 468 g/mol. The number of hydrogen-bond acceptors (Lipinski definition) is 7. The van der Waals surface area contributed by atoms with E-state index >= 15 is 0 Å². The van der Waals surface area contributed by atoms with Crippen molar-refractivity contribution >= 4 is 35.7 Å². The van der Waals surface area contributed by atoms with Crippen LogP contribution in [0.5, 0.6) is 0 Å².